The van der Waals surface area contributed by atoms with Crippen molar-refractivity contribution in [1.82, 2.24) is 0 Å². The van der Waals surface area contributed by atoms with Gasteiger partial charge in [0.15, 0.2) is 5.16 Å². The van der Waals surface area contributed by atoms with E-state index in [1.54, 1.807) is 13.8 Å². The minimum atomic E-state index is -4.72. The molecule has 7 heteroatoms. The van der Waals surface area contributed by atoms with Crippen molar-refractivity contribution in [3.05, 3.63) is 0 Å². The van der Waals surface area contributed by atoms with Gasteiger partial charge in [-0.1, -0.05) is 13.8 Å². The summed E-state index contributed by atoms with van der Waals surface area (Å²) in [6.07, 6.45) is 0.212. The molecule has 0 fully saturated rings. The van der Waals surface area contributed by atoms with Crippen molar-refractivity contribution in [2.24, 2.45) is 5.92 Å². The van der Waals surface area contributed by atoms with Crippen LogP contribution in [-0.2, 0) is 14.1 Å². The zero-order valence-corrected chi connectivity index (χ0v) is 11.3. The first-order valence-corrected chi connectivity index (χ1v) is 7.26. The van der Waals surface area contributed by atoms with E-state index in [0.29, 0.717) is 0 Å². The van der Waals surface area contributed by atoms with Gasteiger partial charge >= 0.3 is 13.6 Å². The fourth-order valence-corrected chi connectivity index (χ4v) is 3.49. The first-order chi connectivity index (χ1) is 7.81. The Morgan fingerprint density at radius 1 is 1.35 bits per heavy atom. The van der Waals surface area contributed by atoms with Crippen molar-refractivity contribution >= 4 is 13.6 Å². The molecule has 6 nitrogen and oxygen atoms in total. The van der Waals surface area contributed by atoms with Crippen LogP contribution in [0.3, 0.4) is 0 Å². The van der Waals surface area contributed by atoms with Crippen molar-refractivity contribution in [1.29, 1.82) is 0 Å². The van der Waals surface area contributed by atoms with Gasteiger partial charge in [0.2, 0.25) is 0 Å². The van der Waals surface area contributed by atoms with Crippen LogP contribution in [0.4, 0.5) is 0 Å². The number of hydrogen-bond donors (Lipinski definition) is 3. The maximum Gasteiger partial charge on any atom is 0.343 e. The largest absolute Gasteiger partial charge is 0.465 e. The Bertz CT molecular complexity index is 295. The Morgan fingerprint density at radius 2 is 1.88 bits per heavy atom. The highest BCUT2D eigenvalue weighted by molar-refractivity contribution is 7.54. The summed E-state index contributed by atoms with van der Waals surface area (Å²) in [5.74, 6) is -1.75. The molecule has 0 radical (unpaired) electrons. The maximum absolute atomic E-state index is 11.9. The quantitative estimate of drug-likeness (QED) is 0.468. The van der Waals surface area contributed by atoms with E-state index in [-0.39, 0.29) is 19.4 Å². The highest BCUT2D eigenvalue weighted by atomic mass is 31.2. The lowest BCUT2D eigenvalue weighted by molar-refractivity contribution is -0.149. The van der Waals surface area contributed by atoms with Gasteiger partial charge in [-0.05, 0) is 19.8 Å². The summed E-state index contributed by atoms with van der Waals surface area (Å²) in [5.41, 5.74) is 0. The molecule has 0 aromatic rings. The molecule has 3 N–H and O–H groups in total. The summed E-state index contributed by atoms with van der Waals surface area (Å²) in [6.45, 7) is 4.32. The molecule has 17 heavy (non-hydrogen) atoms. The van der Waals surface area contributed by atoms with E-state index in [4.69, 9.17) is 4.74 Å². The molecule has 0 amide bonds. The fourth-order valence-electron chi connectivity index (χ4n) is 2.04. The Kier molecular flexibility index (Phi) is 6.34. The van der Waals surface area contributed by atoms with E-state index < -0.39 is 31.2 Å². The van der Waals surface area contributed by atoms with Gasteiger partial charge in [0.05, 0.1) is 6.61 Å². The lowest BCUT2D eigenvalue weighted by Gasteiger charge is -2.36. The molecule has 0 aromatic heterocycles. The molecule has 0 saturated heterocycles. The first-order valence-electron chi connectivity index (χ1n) is 5.65. The van der Waals surface area contributed by atoms with E-state index in [2.05, 4.69) is 0 Å². The summed E-state index contributed by atoms with van der Waals surface area (Å²) in [4.78, 5) is 30.8. The topological polar surface area (TPSA) is 104 Å². The van der Waals surface area contributed by atoms with Crippen LogP contribution >= 0.6 is 7.60 Å². The van der Waals surface area contributed by atoms with Crippen molar-refractivity contribution in [2.75, 3.05) is 13.2 Å². The molecule has 102 valence electrons. The van der Waals surface area contributed by atoms with Crippen LogP contribution in [0.25, 0.3) is 0 Å². The van der Waals surface area contributed by atoms with Crippen molar-refractivity contribution < 1.29 is 29.0 Å². The number of hydrogen-bond acceptors (Lipinski definition) is 4. The molecule has 0 rings (SSSR count). The van der Waals surface area contributed by atoms with Gasteiger partial charge in [-0.25, -0.2) is 0 Å². The van der Waals surface area contributed by atoms with Crippen molar-refractivity contribution in [3.8, 4) is 0 Å². The predicted octanol–water partition coefficient (Wildman–Crippen LogP) is 0.894. The lowest BCUT2D eigenvalue weighted by atomic mass is 9.87. The highest BCUT2D eigenvalue weighted by Gasteiger charge is 2.57. The number of esters is 1. The van der Waals surface area contributed by atoms with E-state index >= 15 is 0 Å². The van der Waals surface area contributed by atoms with Gasteiger partial charge in [0.1, 0.15) is 0 Å². The Labute approximate surface area is 101 Å². The molecule has 2 unspecified atom stereocenters. The van der Waals surface area contributed by atoms with E-state index in [9.17, 15) is 24.3 Å². The maximum atomic E-state index is 11.9. The standard InChI is InChI=1S/C10H21O6P/c1-4-8(7-11)10(5-2,17(13,14)15)9(12)16-6-3/h8,11H,4-7H2,1-3H3,(H2,13,14,15). The summed E-state index contributed by atoms with van der Waals surface area (Å²) >= 11 is 0. The SMILES string of the molecule is CCOC(=O)C(CC)(C(CC)CO)P(=O)(O)O. The van der Waals surface area contributed by atoms with Crippen molar-refractivity contribution in [3.63, 3.8) is 0 Å². The minimum absolute atomic E-state index is 0.0441. The van der Waals surface area contributed by atoms with Crippen LogP contribution in [0.1, 0.15) is 33.6 Å². The average molecular weight is 268 g/mol. The zero-order valence-electron chi connectivity index (χ0n) is 10.4. The number of aliphatic hydroxyl groups excluding tert-OH is 1. The molecular formula is C10H21O6P. The third-order valence-electron chi connectivity index (χ3n) is 3.08. The van der Waals surface area contributed by atoms with Crippen LogP contribution in [0.15, 0.2) is 0 Å². The average Bonchev–Trinajstić information content (AvgIpc) is 2.24. The molecule has 0 saturated carbocycles. The second-order valence-electron chi connectivity index (χ2n) is 3.83. The highest BCUT2D eigenvalue weighted by Crippen LogP contribution is 2.57. The number of aliphatic hydroxyl groups is 1. The van der Waals surface area contributed by atoms with Gasteiger partial charge in [0.25, 0.3) is 0 Å². The van der Waals surface area contributed by atoms with Gasteiger partial charge in [0, 0.05) is 12.5 Å². The normalized spacial score (nSPS) is 17.3. The van der Waals surface area contributed by atoms with Crippen LogP contribution < -0.4 is 0 Å². The summed E-state index contributed by atoms with van der Waals surface area (Å²) < 4.78 is 16.4. The Morgan fingerprint density at radius 3 is 2.12 bits per heavy atom. The molecule has 0 spiro atoms. The van der Waals surface area contributed by atoms with Crippen LogP contribution in [0.2, 0.25) is 0 Å². The first kappa shape index (κ1) is 16.6. The van der Waals surface area contributed by atoms with E-state index in [0.717, 1.165) is 0 Å². The smallest absolute Gasteiger partial charge is 0.343 e. The third-order valence-corrected chi connectivity index (χ3v) is 4.98. The number of carbonyl (C=O) groups excluding carboxylic acids is 1. The molecule has 0 heterocycles. The van der Waals surface area contributed by atoms with E-state index in [1.165, 1.54) is 6.92 Å². The fraction of sp³-hybridized carbons (Fsp3) is 0.900. The second-order valence-corrected chi connectivity index (χ2v) is 5.72. The van der Waals surface area contributed by atoms with Crippen LogP contribution in [-0.4, -0.2) is 39.2 Å². The van der Waals surface area contributed by atoms with Gasteiger partial charge in [-0.15, -0.1) is 0 Å². The minimum Gasteiger partial charge on any atom is -0.465 e. The zero-order chi connectivity index (χ0) is 13.7. The Hall–Kier alpha value is -0.420. The van der Waals surface area contributed by atoms with Crippen LogP contribution in [0, 0.1) is 5.92 Å². The molecule has 2 atom stereocenters. The molecule has 0 aliphatic heterocycles. The number of ether oxygens (including phenoxy) is 1. The predicted molar refractivity (Wildman–Crippen MR) is 62.6 cm³/mol. The summed E-state index contributed by atoms with van der Waals surface area (Å²) in [5, 5.41) is 7.28. The summed E-state index contributed by atoms with van der Waals surface area (Å²) in [6, 6.07) is 0. The summed E-state index contributed by atoms with van der Waals surface area (Å²) in [7, 11) is -4.72. The third kappa shape index (κ3) is 3.07. The Balaban J connectivity index is 5.61. The van der Waals surface area contributed by atoms with E-state index in [1.807, 2.05) is 0 Å². The van der Waals surface area contributed by atoms with Crippen molar-refractivity contribution in [2.45, 2.75) is 38.8 Å². The monoisotopic (exact) mass is 268 g/mol. The molecular weight excluding hydrogens is 247 g/mol. The molecule has 0 bridgehead atoms. The lowest BCUT2D eigenvalue weighted by Crippen LogP contribution is -2.47. The van der Waals surface area contributed by atoms with Gasteiger partial charge < -0.3 is 19.6 Å². The van der Waals surface area contributed by atoms with Gasteiger partial charge in [-0.2, -0.15) is 0 Å². The molecule has 0 aliphatic rings. The molecule has 0 aliphatic carbocycles. The second kappa shape index (κ2) is 6.50. The number of carbonyl (C=O) groups is 1. The van der Waals surface area contributed by atoms with Crippen LogP contribution in [0.5, 0.6) is 0 Å². The molecule has 0 aromatic carbocycles. The number of rotatable bonds is 7. The van der Waals surface area contributed by atoms with Gasteiger partial charge in [-0.3, -0.25) is 9.36 Å².